The van der Waals surface area contributed by atoms with Gasteiger partial charge in [0.25, 0.3) is 0 Å². The molecule has 1 aromatic rings. The van der Waals surface area contributed by atoms with Crippen LogP contribution in [-0.4, -0.2) is 32.0 Å². The number of carbonyl (C=O) groups is 2. The van der Waals surface area contributed by atoms with Gasteiger partial charge < -0.3 is 20.7 Å². The molecule has 2 amide bonds. The highest BCUT2D eigenvalue weighted by molar-refractivity contribution is 5.94. The molecule has 1 atom stereocenters. The van der Waals surface area contributed by atoms with Crippen molar-refractivity contribution in [1.82, 2.24) is 5.32 Å². The number of carbonyl (C=O) groups excluding carboxylic acids is 2. The van der Waals surface area contributed by atoms with Crippen LogP contribution in [-0.2, 0) is 9.59 Å². The largest absolute Gasteiger partial charge is 0.494 e. The third-order valence-corrected chi connectivity index (χ3v) is 3.45. The van der Waals surface area contributed by atoms with E-state index < -0.39 is 0 Å². The number of piperidine rings is 1. The molecule has 1 fully saturated rings. The number of hydrogen-bond acceptors (Lipinski definition) is 4. The molecular weight excluding hydrogens is 306 g/mol. The summed E-state index contributed by atoms with van der Waals surface area (Å²) in [5.74, 6) is 0.361. The van der Waals surface area contributed by atoms with Crippen LogP contribution in [0.2, 0.25) is 0 Å². The minimum atomic E-state index is -0.168. The number of nitrogens with one attached hydrogen (secondary N) is 3. The molecule has 0 aromatic heterocycles. The number of hydrogen-bond donors (Lipinski definition) is 3. The van der Waals surface area contributed by atoms with Gasteiger partial charge in [-0.1, -0.05) is 0 Å². The second-order valence-corrected chi connectivity index (χ2v) is 5.13. The normalized spacial score (nSPS) is 17.1. The van der Waals surface area contributed by atoms with Crippen LogP contribution in [0.5, 0.6) is 5.75 Å². The molecule has 1 aromatic carbocycles. The van der Waals surface area contributed by atoms with Crippen LogP contribution in [0.15, 0.2) is 18.2 Å². The van der Waals surface area contributed by atoms with Crippen molar-refractivity contribution in [3.8, 4) is 5.75 Å². The molecule has 0 spiro atoms. The van der Waals surface area contributed by atoms with E-state index in [1.165, 1.54) is 14.0 Å². The summed E-state index contributed by atoms with van der Waals surface area (Å²) >= 11 is 0. The highest BCUT2D eigenvalue weighted by Crippen LogP contribution is 2.28. The van der Waals surface area contributed by atoms with Crippen molar-refractivity contribution < 1.29 is 14.3 Å². The molecule has 122 valence electrons. The molecule has 0 aliphatic carbocycles. The Bertz CT molecular complexity index is 531. The third kappa shape index (κ3) is 4.89. The van der Waals surface area contributed by atoms with Crippen molar-refractivity contribution in [3.05, 3.63) is 18.2 Å². The summed E-state index contributed by atoms with van der Waals surface area (Å²) in [5.41, 5.74) is 1.25. The van der Waals surface area contributed by atoms with Crippen LogP contribution in [0.1, 0.15) is 19.8 Å². The lowest BCUT2D eigenvalue weighted by Gasteiger charge is -2.22. The second kappa shape index (κ2) is 8.60. The molecule has 2 rings (SSSR count). The Hall–Kier alpha value is -1.79. The van der Waals surface area contributed by atoms with Gasteiger partial charge in [0.15, 0.2) is 0 Å². The molecule has 7 heteroatoms. The Kier molecular flexibility index (Phi) is 7.14. The molecule has 1 aliphatic heterocycles. The molecule has 6 nitrogen and oxygen atoms in total. The lowest BCUT2D eigenvalue weighted by molar-refractivity contribution is -0.120. The summed E-state index contributed by atoms with van der Waals surface area (Å²) in [5, 5.41) is 8.80. The number of benzene rings is 1. The van der Waals surface area contributed by atoms with E-state index in [0.29, 0.717) is 23.7 Å². The molecule has 22 heavy (non-hydrogen) atoms. The molecule has 1 saturated heterocycles. The predicted molar refractivity (Wildman–Crippen MR) is 88.8 cm³/mol. The maximum atomic E-state index is 12.2. The molecule has 0 radical (unpaired) electrons. The van der Waals surface area contributed by atoms with Gasteiger partial charge >= 0.3 is 0 Å². The van der Waals surface area contributed by atoms with Crippen LogP contribution in [0.25, 0.3) is 0 Å². The third-order valence-electron chi connectivity index (χ3n) is 3.45. The average molecular weight is 328 g/mol. The lowest BCUT2D eigenvalue weighted by atomic mass is 9.99. The van der Waals surface area contributed by atoms with Gasteiger partial charge in [0.1, 0.15) is 5.75 Å². The summed E-state index contributed by atoms with van der Waals surface area (Å²) in [6.45, 7) is 3.13. The number of anilines is 2. The van der Waals surface area contributed by atoms with Crippen molar-refractivity contribution in [1.29, 1.82) is 0 Å². The van der Waals surface area contributed by atoms with Crippen molar-refractivity contribution in [3.63, 3.8) is 0 Å². The predicted octanol–water partition coefficient (Wildman–Crippen LogP) is 2.01. The Morgan fingerprint density at radius 3 is 2.68 bits per heavy atom. The van der Waals surface area contributed by atoms with E-state index in [0.717, 1.165) is 19.4 Å². The Morgan fingerprint density at radius 1 is 1.32 bits per heavy atom. The molecule has 3 N–H and O–H groups in total. The monoisotopic (exact) mass is 327 g/mol. The zero-order chi connectivity index (χ0) is 15.2. The average Bonchev–Trinajstić information content (AvgIpc) is 2.49. The highest BCUT2D eigenvalue weighted by atomic mass is 35.5. The van der Waals surface area contributed by atoms with Crippen molar-refractivity contribution in [2.75, 3.05) is 30.8 Å². The first-order chi connectivity index (χ1) is 10.1. The number of ether oxygens (including phenoxy) is 1. The minimum absolute atomic E-state index is 0. The highest BCUT2D eigenvalue weighted by Gasteiger charge is 2.21. The molecule has 0 saturated carbocycles. The Morgan fingerprint density at radius 2 is 2.09 bits per heavy atom. The number of amides is 2. The van der Waals surface area contributed by atoms with E-state index in [1.807, 2.05) is 0 Å². The maximum absolute atomic E-state index is 12.2. The summed E-state index contributed by atoms with van der Waals surface area (Å²) in [4.78, 5) is 23.3. The van der Waals surface area contributed by atoms with Crippen molar-refractivity contribution in [2.45, 2.75) is 19.8 Å². The van der Waals surface area contributed by atoms with Gasteiger partial charge in [-0.25, -0.2) is 0 Å². The Labute approximate surface area is 136 Å². The van der Waals surface area contributed by atoms with E-state index in [2.05, 4.69) is 16.0 Å². The molecule has 0 bridgehead atoms. The minimum Gasteiger partial charge on any atom is -0.494 e. The van der Waals surface area contributed by atoms with Gasteiger partial charge in [-0.05, 0) is 31.5 Å². The van der Waals surface area contributed by atoms with Crippen LogP contribution in [0, 0.1) is 5.92 Å². The van der Waals surface area contributed by atoms with E-state index >= 15 is 0 Å². The molecular formula is C15H22ClN3O3. The van der Waals surface area contributed by atoms with Gasteiger partial charge in [0, 0.05) is 25.2 Å². The first-order valence-electron chi connectivity index (χ1n) is 7.07. The zero-order valence-corrected chi connectivity index (χ0v) is 13.6. The zero-order valence-electron chi connectivity index (χ0n) is 12.8. The topological polar surface area (TPSA) is 79.5 Å². The number of halogens is 1. The van der Waals surface area contributed by atoms with E-state index in [4.69, 9.17) is 4.74 Å². The SMILES string of the molecule is COc1cc(NC(=O)[C@@H]2CCCNC2)ccc1NC(C)=O.Cl. The van der Waals surface area contributed by atoms with Crippen LogP contribution in [0.3, 0.4) is 0 Å². The fourth-order valence-electron chi connectivity index (χ4n) is 2.38. The van der Waals surface area contributed by atoms with Crippen LogP contribution >= 0.6 is 12.4 Å². The number of rotatable bonds is 4. The summed E-state index contributed by atoms with van der Waals surface area (Å²) in [6, 6.07) is 5.18. The van der Waals surface area contributed by atoms with Gasteiger partial charge in [-0.3, -0.25) is 9.59 Å². The van der Waals surface area contributed by atoms with Gasteiger partial charge in [-0.2, -0.15) is 0 Å². The van der Waals surface area contributed by atoms with Crippen molar-refractivity contribution >= 4 is 35.6 Å². The van der Waals surface area contributed by atoms with Gasteiger partial charge in [0.05, 0.1) is 18.7 Å². The van der Waals surface area contributed by atoms with Gasteiger partial charge in [0.2, 0.25) is 11.8 Å². The van der Waals surface area contributed by atoms with E-state index in [9.17, 15) is 9.59 Å². The molecule has 0 unspecified atom stereocenters. The maximum Gasteiger partial charge on any atom is 0.228 e. The van der Waals surface area contributed by atoms with E-state index in [-0.39, 0.29) is 30.1 Å². The quantitative estimate of drug-likeness (QED) is 0.790. The number of methoxy groups -OCH3 is 1. The molecule has 1 heterocycles. The van der Waals surface area contributed by atoms with Gasteiger partial charge in [-0.15, -0.1) is 12.4 Å². The van der Waals surface area contributed by atoms with Crippen molar-refractivity contribution in [2.24, 2.45) is 5.92 Å². The summed E-state index contributed by atoms with van der Waals surface area (Å²) < 4.78 is 5.24. The Balaban J connectivity index is 0.00000242. The fourth-order valence-corrected chi connectivity index (χ4v) is 2.38. The van der Waals surface area contributed by atoms with E-state index in [1.54, 1.807) is 18.2 Å². The van der Waals surface area contributed by atoms with Crippen LogP contribution < -0.4 is 20.7 Å². The first-order valence-corrected chi connectivity index (χ1v) is 7.07. The fraction of sp³-hybridized carbons (Fsp3) is 0.467. The second-order valence-electron chi connectivity index (χ2n) is 5.13. The summed E-state index contributed by atoms with van der Waals surface area (Å²) in [7, 11) is 1.53. The summed E-state index contributed by atoms with van der Waals surface area (Å²) in [6.07, 6.45) is 1.92. The van der Waals surface area contributed by atoms with Crippen LogP contribution in [0.4, 0.5) is 11.4 Å². The standard InChI is InChI=1S/C15H21N3O3.ClH/c1-10(19)17-13-6-5-12(8-14(13)21-2)18-15(20)11-4-3-7-16-9-11;/h5-6,8,11,16H,3-4,7,9H2,1-2H3,(H,17,19)(H,18,20);1H/t11-;/m1./s1. The smallest absolute Gasteiger partial charge is 0.228 e. The lowest BCUT2D eigenvalue weighted by Crippen LogP contribution is -2.37. The molecule has 1 aliphatic rings. The first kappa shape index (κ1) is 18.3.